The molecule has 0 unspecified atom stereocenters. The van der Waals surface area contributed by atoms with Gasteiger partial charge in [-0.1, -0.05) is 11.6 Å². The Bertz CT molecular complexity index is 629. The SMILES string of the molecule is N#Cc1cc(Cl)ccc1Sc1nnnn1C1CC1. The van der Waals surface area contributed by atoms with Crippen LogP contribution in [0.25, 0.3) is 0 Å². The number of rotatable bonds is 3. The summed E-state index contributed by atoms with van der Waals surface area (Å²) in [5, 5.41) is 22.0. The van der Waals surface area contributed by atoms with Crippen molar-refractivity contribution in [2.24, 2.45) is 0 Å². The predicted molar refractivity (Wildman–Crippen MR) is 66.4 cm³/mol. The number of nitrogens with zero attached hydrogens (tertiary/aromatic N) is 5. The van der Waals surface area contributed by atoms with E-state index in [1.165, 1.54) is 11.8 Å². The first-order chi connectivity index (χ1) is 8.78. The lowest BCUT2D eigenvalue weighted by atomic mass is 10.2. The van der Waals surface area contributed by atoms with Crippen LogP contribution in [0.3, 0.4) is 0 Å². The second-order valence-corrected chi connectivity index (χ2v) is 5.44. The fraction of sp³-hybridized carbons (Fsp3) is 0.273. The van der Waals surface area contributed by atoms with Crippen LogP contribution in [-0.4, -0.2) is 20.2 Å². The van der Waals surface area contributed by atoms with Gasteiger partial charge in [-0.15, -0.1) is 5.10 Å². The Kier molecular flexibility index (Phi) is 2.94. The van der Waals surface area contributed by atoms with Gasteiger partial charge in [0.1, 0.15) is 6.07 Å². The van der Waals surface area contributed by atoms with Gasteiger partial charge in [-0.2, -0.15) is 5.26 Å². The van der Waals surface area contributed by atoms with Crippen LogP contribution >= 0.6 is 23.4 Å². The number of hydrogen-bond acceptors (Lipinski definition) is 5. The Labute approximate surface area is 113 Å². The predicted octanol–water partition coefficient (Wildman–Crippen LogP) is 2.68. The standard InChI is InChI=1S/C11H8ClN5S/c12-8-1-4-10(7(5-8)6-13)18-11-14-15-16-17(11)9-2-3-9/h1,4-5,9H,2-3H2. The molecule has 1 aliphatic carbocycles. The average molecular weight is 278 g/mol. The minimum absolute atomic E-state index is 0.417. The van der Waals surface area contributed by atoms with Crippen molar-refractivity contribution in [1.29, 1.82) is 5.26 Å². The lowest BCUT2D eigenvalue weighted by molar-refractivity contribution is 0.565. The molecule has 0 bridgehead atoms. The summed E-state index contributed by atoms with van der Waals surface area (Å²) in [6.45, 7) is 0. The van der Waals surface area contributed by atoms with Crippen molar-refractivity contribution in [3.8, 4) is 6.07 Å². The van der Waals surface area contributed by atoms with Gasteiger partial charge in [0.15, 0.2) is 0 Å². The summed E-state index contributed by atoms with van der Waals surface area (Å²) in [6.07, 6.45) is 2.23. The molecule has 90 valence electrons. The van der Waals surface area contributed by atoms with E-state index in [2.05, 4.69) is 21.6 Å². The Morgan fingerprint density at radius 2 is 2.28 bits per heavy atom. The highest BCUT2D eigenvalue weighted by Crippen LogP contribution is 2.38. The third-order valence-electron chi connectivity index (χ3n) is 2.62. The molecule has 5 nitrogen and oxygen atoms in total. The van der Waals surface area contributed by atoms with E-state index in [9.17, 15) is 0 Å². The molecule has 0 aliphatic heterocycles. The van der Waals surface area contributed by atoms with Crippen molar-refractivity contribution in [2.75, 3.05) is 0 Å². The van der Waals surface area contributed by atoms with E-state index >= 15 is 0 Å². The van der Waals surface area contributed by atoms with Gasteiger partial charge < -0.3 is 0 Å². The third kappa shape index (κ3) is 2.19. The van der Waals surface area contributed by atoms with Gasteiger partial charge in [0.2, 0.25) is 5.16 Å². The molecular weight excluding hydrogens is 270 g/mol. The van der Waals surface area contributed by atoms with E-state index in [-0.39, 0.29) is 0 Å². The van der Waals surface area contributed by atoms with E-state index in [1.807, 2.05) is 10.7 Å². The summed E-state index contributed by atoms with van der Waals surface area (Å²) in [5.74, 6) is 0. The van der Waals surface area contributed by atoms with Crippen LogP contribution in [0.2, 0.25) is 5.02 Å². The molecule has 1 aromatic carbocycles. The van der Waals surface area contributed by atoms with Gasteiger partial charge >= 0.3 is 0 Å². The van der Waals surface area contributed by atoms with E-state index in [0.717, 1.165) is 22.9 Å². The molecule has 7 heteroatoms. The summed E-state index contributed by atoms with van der Waals surface area (Å²) in [5.41, 5.74) is 0.540. The highest BCUT2D eigenvalue weighted by atomic mass is 35.5. The van der Waals surface area contributed by atoms with Gasteiger partial charge in [-0.05, 0) is 53.2 Å². The van der Waals surface area contributed by atoms with Crippen LogP contribution < -0.4 is 0 Å². The fourth-order valence-corrected chi connectivity index (χ4v) is 2.65. The zero-order valence-corrected chi connectivity index (χ0v) is 10.8. The maximum absolute atomic E-state index is 9.08. The van der Waals surface area contributed by atoms with Crippen molar-refractivity contribution in [2.45, 2.75) is 28.9 Å². The van der Waals surface area contributed by atoms with Crippen LogP contribution in [0, 0.1) is 11.3 Å². The summed E-state index contributed by atoms with van der Waals surface area (Å²) in [6, 6.07) is 7.77. The molecule has 0 saturated heterocycles. The largest absolute Gasteiger partial charge is 0.217 e. The number of halogens is 1. The fourth-order valence-electron chi connectivity index (χ4n) is 1.58. The molecule has 1 saturated carbocycles. The summed E-state index contributed by atoms with van der Waals surface area (Å²) >= 11 is 7.26. The zero-order chi connectivity index (χ0) is 12.5. The highest BCUT2D eigenvalue weighted by molar-refractivity contribution is 7.99. The molecule has 3 rings (SSSR count). The first kappa shape index (κ1) is 11.5. The number of hydrogen-bond donors (Lipinski definition) is 0. The van der Waals surface area contributed by atoms with E-state index in [1.54, 1.807) is 12.1 Å². The Hall–Kier alpha value is -1.58. The van der Waals surface area contributed by atoms with Gasteiger partial charge in [0.25, 0.3) is 0 Å². The first-order valence-electron chi connectivity index (χ1n) is 5.43. The van der Waals surface area contributed by atoms with Crippen LogP contribution in [0.1, 0.15) is 24.4 Å². The lowest BCUT2D eigenvalue weighted by Gasteiger charge is -2.04. The van der Waals surface area contributed by atoms with Crippen molar-refractivity contribution in [3.63, 3.8) is 0 Å². The molecule has 0 spiro atoms. The van der Waals surface area contributed by atoms with E-state index in [0.29, 0.717) is 16.6 Å². The number of nitriles is 1. The topological polar surface area (TPSA) is 67.4 Å². The van der Waals surface area contributed by atoms with E-state index < -0.39 is 0 Å². The number of aromatic nitrogens is 4. The highest BCUT2D eigenvalue weighted by Gasteiger charge is 2.28. The third-order valence-corrected chi connectivity index (χ3v) is 3.88. The van der Waals surface area contributed by atoms with Crippen LogP contribution in [0.4, 0.5) is 0 Å². The van der Waals surface area contributed by atoms with Gasteiger partial charge in [-0.3, -0.25) is 0 Å². The minimum Gasteiger partial charge on any atom is -0.217 e. The summed E-state index contributed by atoms with van der Waals surface area (Å²) in [7, 11) is 0. The maximum Gasteiger partial charge on any atom is 0.214 e. The second kappa shape index (κ2) is 4.59. The smallest absolute Gasteiger partial charge is 0.214 e. The van der Waals surface area contributed by atoms with E-state index in [4.69, 9.17) is 16.9 Å². The van der Waals surface area contributed by atoms with Gasteiger partial charge in [0.05, 0.1) is 11.6 Å². The number of tetrazole rings is 1. The molecular formula is C11H8ClN5S. The quantitative estimate of drug-likeness (QED) is 0.863. The van der Waals surface area contributed by atoms with Gasteiger partial charge in [0, 0.05) is 9.92 Å². The molecule has 2 aromatic rings. The summed E-state index contributed by atoms with van der Waals surface area (Å²) in [4.78, 5) is 0.818. The maximum atomic E-state index is 9.08. The molecule has 0 amide bonds. The number of benzene rings is 1. The molecule has 1 heterocycles. The molecule has 1 aliphatic rings. The van der Waals surface area contributed by atoms with Gasteiger partial charge in [-0.25, -0.2) is 4.68 Å². The van der Waals surface area contributed by atoms with Crippen LogP contribution in [0.15, 0.2) is 28.3 Å². The molecule has 0 N–H and O–H groups in total. The Morgan fingerprint density at radius 3 is 3.00 bits per heavy atom. The molecule has 0 radical (unpaired) electrons. The average Bonchev–Trinajstić information content (AvgIpc) is 3.12. The van der Waals surface area contributed by atoms with Crippen molar-refractivity contribution in [3.05, 3.63) is 28.8 Å². The normalized spacial score (nSPS) is 14.4. The Morgan fingerprint density at radius 1 is 1.44 bits per heavy atom. The zero-order valence-electron chi connectivity index (χ0n) is 9.25. The summed E-state index contributed by atoms with van der Waals surface area (Å²) < 4.78 is 1.82. The molecule has 1 fully saturated rings. The monoisotopic (exact) mass is 277 g/mol. The molecule has 0 atom stereocenters. The Balaban J connectivity index is 1.92. The van der Waals surface area contributed by atoms with Crippen molar-refractivity contribution < 1.29 is 0 Å². The molecule has 1 aromatic heterocycles. The first-order valence-corrected chi connectivity index (χ1v) is 6.63. The second-order valence-electron chi connectivity index (χ2n) is 3.99. The van der Waals surface area contributed by atoms with Crippen LogP contribution in [-0.2, 0) is 0 Å². The van der Waals surface area contributed by atoms with Crippen molar-refractivity contribution >= 4 is 23.4 Å². The lowest BCUT2D eigenvalue weighted by Crippen LogP contribution is -1.98. The molecule has 18 heavy (non-hydrogen) atoms. The van der Waals surface area contributed by atoms with Crippen molar-refractivity contribution in [1.82, 2.24) is 20.2 Å². The minimum atomic E-state index is 0.417. The van der Waals surface area contributed by atoms with Crippen LogP contribution in [0.5, 0.6) is 0 Å².